The van der Waals surface area contributed by atoms with Crippen molar-refractivity contribution >= 4 is 29.2 Å². The van der Waals surface area contributed by atoms with E-state index in [-0.39, 0.29) is 42.2 Å². The summed E-state index contributed by atoms with van der Waals surface area (Å²) in [7, 11) is 0. The first-order chi connectivity index (χ1) is 16.7. The van der Waals surface area contributed by atoms with Gasteiger partial charge >= 0.3 is 5.97 Å². The number of hydrogen-bond donors (Lipinski definition) is 2. The van der Waals surface area contributed by atoms with Gasteiger partial charge in [0, 0.05) is 0 Å². The molecule has 1 aliphatic rings. The van der Waals surface area contributed by atoms with Gasteiger partial charge in [-0.1, -0.05) is 23.7 Å². The first-order valence-electron chi connectivity index (χ1n) is 10.5. The molecule has 0 radical (unpaired) electrons. The van der Waals surface area contributed by atoms with Crippen molar-refractivity contribution in [3.05, 3.63) is 81.9 Å². The van der Waals surface area contributed by atoms with E-state index in [2.05, 4.69) is 5.32 Å². The Kier molecular flexibility index (Phi) is 7.07. The van der Waals surface area contributed by atoms with Gasteiger partial charge in [0.1, 0.15) is 19.0 Å². The zero-order valence-electron chi connectivity index (χ0n) is 18.4. The second-order valence-electron chi connectivity index (χ2n) is 7.89. The Morgan fingerprint density at radius 3 is 2.71 bits per heavy atom. The first kappa shape index (κ1) is 24.3. The Balaban J connectivity index is 1.43. The molecule has 1 atom stereocenters. The zero-order chi connectivity index (χ0) is 25.1. The number of carbonyl (C=O) groups is 2. The molecule has 0 bridgehead atoms. The molecule has 0 saturated carbocycles. The summed E-state index contributed by atoms with van der Waals surface area (Å²) < 4.78 is 45.9. The summed E-state index contributed by atoms with van der Waals surface area (Å²) in [5.74, 6) is -2.75. The number of amides is 1. The van der Waals surface area contributed by atoms with Crippen LogP contribution < -0.4 is 19.5 Å². The third-order valence-electron chi connectivity index (χ3n) is 5.17. The van der Waals surface area contributed by atoms with Crippen molar-refractivity contribution in [3.63, 3.8) is 0 Å². The predicted molar refractivity (Wildman–Crippen MR) is 124 cm³/mol. The van der Waals surface area contributed by atoms with Gasteiger partial charge in [-0.2, -0.15) is 0 Å². The molecule has 1 amide bonds. The Bertz CT molecular complexity index is 1300. The number of halogens is 3. The number of aryl methyl sites for hydroxylation is 1. The lowest BCUT2D eigenvalue weighted by atomic mass is 10.1. The number of rotatable bonds is 7. The predicted octanol–water partition coefficient (Wildman–Crippen LogP) is 5.02. The third kappa shape index (κ3) is 5.63. The van der Waals surface area contributed by atoms with Gasteiger partial charge in [-0.05, 0) is 54.4 Å². The van der Waals surface area contributed by atoms with E-state index < -0.39 is 34.6 Å². The molecular weight excluding hydrogens is 484 g/mol. The quantitative estimate of drug-likeness (QED) is 0.470. The molecule has 3 aromatic carbocycles. The van der Waals surface area contributed by atoms with Crippen LogP contribution in [0.4, 0.5) is 14.5 Å². The molecule has 182 valence electrons. The van der Waals surface area contributed by atoms with Crippen LogP contribution in [0.1, 0.15) is 21.5 Å². The molecule has 0 fully saturated rings. The van der Waals surface area contributed by atoms with Gasteiger partial charge in [0.25, 0.3) is 5.91 Å². The van der Waals surface area contributed by atoms with E-state index in [0.29, 0.717) is 11.5 Å². The fraction of sp³-hybridized carbons (Fsp3) is 0.200. The van der Waals surface area contributed by atoms with Gasteiger partial charge in [-0.3, -0.25) is 9.59 Å². The lowest BCUT2D eigenvalue weighted by molar-refractivity contribution is -0.136. The maximum atomic E-state index is 14.8. The molecule has 7 nitrogen and oxygen atoms in total. The van der Waals surface area contributed by atoms with E-state index in [9.17, 15) is 18.4 Å². The normalized spacial score (nSPS) is 14.3. The van der Waals surface area contributed by atoms with Crippen molar-refractivity contribution in [2.24, 2.45) is 0 Å². The molecule has 3 aromatic rings. The highest BCUT2D eigenvalue weighted by molar-refractivity contribution is 6.34. The number of benzene rings is 3. The lowest BCUT2D eigenvalue weighted by Gasteiger charge is -2.26. The Morgan fingerprint density at radius 1 is 1.14 bits per heavy atom. The standard InChI is InChI=1S/C25H20ClF2NO6/c1-13-2-6-19-21(8-13)34-12-15(35-19)11-33-20-7-4-16(23(26)24(20)28)25(32)29-18-9-14(10-22(30)31)3-5-17(18)27/h2-9,15H,10-12H2,1H3,(H,29,32)(H,30,31)/t15-/m0/s1. The van der Waals surface area contributed by atoms with Gasteiger partial charge in [-0.15, -0.1) is 0 Å². The van der Waals surface area contributed by atoms with Crippen molar-refractivity contribution in [2.75, 3.05) is 18.5 Å². The van der Waals surface area contributed by atoms with Crippen LogP contribution in [0.5, 0.6) is 17.2 Å². The van der Waals surface area contributed by atoms with E-state index in [1.54, 1.807) is 6.07 Å². The number of anilines is 1. The van der Waals surface area contributed by atoms with Crippen LogP contribution in [-0.2, 0) is 11.2 Å². The smallest absolute Gasteiger partial charge is 0.307 e. The molecular formula is C25H20ClF2NO6. The number of nitrogens with one attached hydrogen (secondary N) is 1. The van der Waals surface area contributed by atoms with Crippen LogP contribution >= 0.6 is 11.6 Å². The highest BCUT2D eigenvalue weighted by Crippen LogP contribution is 2.33. The van der Waals surface area contributed by atoms with Crippen LogP contribution in [0.2, 0.25) is 5.02 Å². The zero-order valence-corrected chi connectivity index (χ0v) is 19.2. The molecule has 0 aliphatic carbocycles. The van der Waals surface area contributed by atoms with E-state index >= 15 is 0 Å². The highest BCUT2D eigenvalue weighted by atomic mass is 35.5. The third-order valence-corrected chi connectivity index (χ3v) is 5.54. The Hall–Kier alpha value is -3.85. The fourth-order valence-electron chi connectivity index (χ4n) is 3.45. The SMILES string of the molecule is Cc1ccc2c(c1)OC[C@H](COc1ccc(C(=O)Nc3cc(CC(=O)O)ccc3F)c(Cl)c1F)O2. The number of fused-ring (bicyclic) bond motifs is 1. The minimum Gasteiger partial charge on any atom is -0.486 e. The van der Waals surface area contributed by atoms with Crippen molar-refractivity contribution in [1.29, 1.82) is 0 Å². The molecule has 0 spiro atoms. The summed E-state index contributed by atoms with van der Waals surface area (Å²) in [5.41, 5.74) is 0.803. The van der Waals surface area contributed by atoms with Crippen LogP contribution in [0.25, 0.3) is 0 Å². The van der Waals surface area contributed by atoms with Crippen molar-refractivity contribution in [1.82, 2.24) is 0 Å². The molecule has 0 saturated heterocycles. The average Bonchev–Trinajstić information content (AvgIpc) is 2.81. The van der Waals surface area contributed by atoms with Crippen LogP contribution in [0, 0.1) is 18.6 Å². The number of ether oxygens (including phenoxy) is 3. The Morgan fingerprint density at radius 2 is 1.94 bits per heavy atom. The monoisotopic (exact) mass is 503 g/mol. The summed E-state index contributed by atoms with van der Waals surface area (Å²) >= 11 is 6.06. The summed E-state index contributed by atoms with van der Waals surface area (Å²) in [4.78, 5) is 23.5. The average molecular weight is 504 g/mol. The van der Waals surface area contributed by atoms with Gasteiger partial charge in [-0.25, -0.2) is 8.78 Å². The van der Waals surface area contributed by atoms with E-state index in [1.165, 1.54) is 24.3 Å². The molecule has 0 aromatic heterocycles. The highest BCUT2D eigenvalue weighted by Gasteiger charge is 2.24. The second-order valence-corrected chi connectivity index (χ2v) is 8.27. The number of carboxylic acid groups (broad SMARTS) is 1. The maximum absolute atomic E-state index is 14.8. The summed E-state index contributed by atoms with van der Waals surface area (Å²) in [6, 6.07) is 11.5. The van der Waals surface area contributed by atoms with Crippen LogP contribution in [0.3, 0.4) is 0 Å². The van der Waals surface area contributed by atoms with Gasteiger partial charge in [0.05, 0.1) is 22.7 Å². The second kappa shape index (κ2) is 10.2. The molecule has 4 rings (SSSR count). The lowest BCUT2D eigenvalue weighted by Crippen LogP contribution is -2.34. The summed E-state index contributed by atoms with van der Waals surface area (Å²) in [6.45, 7) is 2.11. The topological polar surface area (TPSA) is 94.1 Å². The Labute approximate surface area is 204 Å². The van der Waals surface area contributed by atoms with Gasteiger partial charge in [0.15, 0.2) is 29.2 Å². The number of carboxylic acids is 1. The van der Waals surface area contributed by atoms with Crippen molar-refractivity contribution in [3.8, 4) is 17.2 Å². The minimum atomic E-state index is -1.11. The summed E-state index contributed by atoms with van der Waals surface area (Å²) in [5, 5.41) is 10.7. The molecule has 10 heteroatoms. The molecule has 1 heterocycles. The number of aliphatic carboxylic acids is 1. The van der Waals surface area contributed by atoms with Crippen molar-refractivity contribution < 1.29 is 37.7 Å². The van der Waals surface area contributed by atoms with E-state index in [1.807, 2.05) is 19.1 Å². The van der Waals surface area contributed by atoms with Gasteiger partial charge < -0.3 is 24.6 Å². The van der Waals surface area contributed by atoms with Gasteiger partial charge in [0.2, 0.25) is 0 Å². The molecule has 0 unspecified atom stereocenters. The largest absolute Gasteiger partial charge is 0.486 e. The van der Waals surface area contributed by atoms with Crippen molar-refractivity contribution in [2.45, 2.75) is 19.4 Å². The minimum absolute atomic E-state index is 0.0340. The van der Waals surface area contributed by atoms with Crippen LogP contribution in [-0.4, -0.2) is 36.3 Å². The molecule has 35 heavy (non-hydrogen) atoms. The molecule has 2 N–H and O–H groups in total. The van der Waals surface area contributed by atoms with E-state index in [4.69, 9.17) is 30.9 Å². The maximum Gasteiger partial charge on any atom is 0.307 e. The molecule has 1 aliphatic heterocycles. The van der Waals surface area contributed by atoms with E-state index in [0.717, 1.165) is 11.6 Å². The number of hydrogen-bond acceptors (Lipinski definition) is 5. The fourth-order valence-corrected chi connectivity index (χ4v) is 3.69. The van der Waals surface area contributed by atoms with Crippen LogP contribution in [0.15, 0.2) is 48.5 Å². The number of carbonyl (C=O) groups excluding carboxylic acids is 1. The summed E-state index contributed by atoms with van der Waals surface area (Å²) in [6.07, 6.45) is -0.849. The first-order valence-corrected chi connectivity index (χ1v) is 10.9.